The summed E-state index contributed by atoms with van der Waals surface area (Å²) < 4.78 is 57.6. The topological polar surface area (TPSA) is 51.2 Å². The van der Waals surface area contributed by atoms with Crippen LogP contribution in [0, 0.1) is 22.9 Å². The van der Waals surface area contributed by atoms with Gasteiger partial charge in [0.2, 0.25) is 0 Å². The van der Waals surface area contributed by atoms with E-state index >= 15 is 4.57 Å². The van der Waals surface area contributed by atoms with Crippen LogP contribution in [-0.2, 0) is 9.36 Å². The van der Waals surface area contributed by atoms with Gasteiger partial charge < -0.3 is 4.57 Å². The number of carbonyl (C=O) groups is 2. The number of rotatable bonds is 7. The quantitative estimate of drug-likeness (QED) is 0.158. The third kappa shape index (κ3) is 5.27. The van der Waals surface area contributed by atoms with Crippen molar-refractivity contribution in [3.05, 3.63) is 126 Å². The van der Waals surface area contributed by atoms with Crippen molar-refractivity contribution >= 4 is 34.6 Å². The zero-order valence-corrected chi connectivity index (χ0v) is 22.0. The molecule has 0 aliphatic heterocycles. The molecule has 7 heteroatoms. The lowest BCUT2D eigenvalue weighted by molar-refractivity contribution is -0.126. The summed E-state index contributed by atoms with van der Waals surface area (Å²) in [7, 11) is -3.96. The van der Waals surface area contributed by atoms with Crippen LogP contribution >= 0.6 is 7.14 Å². The van der Waals surface area contributed by atoms with Crippen LogP contribution in [0.5, 0.6) is 0 Å². The standard InChI is InChI=1S/C31H26F3O3P/c1-31(2,3)30(36)28(29(35)20-7-5-4-6-8-20)26-19-23(34)13-18-27(26)38(37,24-14-9-21(32)10-15-24)25-16-11-22(33)12-17-25/h4-19,28H,1-3H3. The van der Waals surface area contributed by atoms with E-state index in [1.807, 2.05) is 0 Å². The number of Topliss-reactive ketones (excluding diaryl/α,β-unsaturated/α-hetero) is 2. The third-order valence-electron chi connectivity index (χ3n) is 6.34. The molecule has 0 aliphatic rings. The van der Waals surface area contributed by atoms with Crippen molar-refractivity contribution in [3.63, 3.8) is 0 Å². The van der Waals surface area contributed by atoms with E-state index in [2.05, 4.69) is 0 Å². The molecule has 4 rings (SSSR count). The summed E-state index contributed by atoms with van der Waals surface area (Å²) in [5.41, 5.74) is -0.812. The van der Waals surface area contributed by atoms with Gasteiger partial charge in [-0.25, -0.2) is 13.2 Å². The van der Waals surface area contributed by atoms with E-state index in [1.54, 1.807) is 51.1 Å². The normalized spacial score (nSPS) is 12.7. The molecule has 0 bridgehead atoms. The molecule has 0 saturated carbocycles. The van der Waals surface area contributed by atoms with Crippen LogP contribution in [0.25, 0.3) is 0 Å². The largest absolute Gasteiger partial charge is 0.309 e. The minimum absolute atomic E-state index is 0.0454. The van der Waals surface area contributed by atoms with Crippen LogP contribution in [0.2, 0.25) is 0 Å². The van der Waals surface area contributed by atoms with Crippen LogP contribution < -0.4 is 15.9 Å². The van der Waals surface area contributed by atoms with Gasteiger partial charge in [0.25, 0.3) is 0 Å². The molecular formula is C31H26F3O3P. The fourth-order valence-corrected chi connectivity index (χ4v) is 7.21. The van der Waals surface area contributed by atoms with Gasteiger partial charge in [0.15, 0.2) is 18.7 Å². The summed E-state index contributed by atoms with van der Waals surface area (Å²) in [4.78, 5) is 27.7. The first-order valence-electron chi connectivity index (χ1n) is 12.0. The van der Waals surface area contributed by atoms with Gasteiger partial charge in [-0.1, -0.05) is 51.1 Å². The van der Waals surface area contributed by atoms with E-state index in [9.17, 15) is 22.8 Å². The number of carbonyl (C=O) groups excluding carboxylic acids is 2. The molecule has 0 heterocycles. The monoisotopic (exact) mass is 534 g/mol. The molecule has 38 heavy (non-hydrogen) atoms. The van der Waals surface area contributed by atoms with E-state index in [4.69, 9.17) is 0 Å². The van der Waals surface area contributed by atoms with Gasteiger partial charge in [-0.05, 0) is 72.3 Å². The lowest BCUT2D eigenvalue weighted by atomic mass is 9.76. The van der Waals surface area contributed by atoms with Crippen molar-refractivity contribution in [1.29, 1.82) is 0 Å². The summed E-state index contributed by atoms with van der Waals surface area (Å²) in [6.07, 6.45) is 0. The Kier molecular flexibility index (Phi) is 7.57. The molecule has 0 N–H and O–H groups in total. The Hall–Kier alpha value is -3.76. The van der Waals surface area contributed by atoms with Crippen molar-refractivity contribution in [1.82, 2.24) is 0 Å². The van der Waals surface area contributed by atoms with Crippen LogP contribution in [0.15, 0.2) is 97.1 Å². The number of hydrogen-bond donors (Lipinski definition) is 0. The highest BCUT2D eigenvalue weighted by molar-refractivity contribution is 7.85. The minimum atomic E-state index is -3.96. The molecule has 0 aromatic heterocycles. The van der Waals surface area contributed by atoms with Crippen molar-refractivity contribution in [2.45, 2.75) is 26.7 Å². The second-order valence-electron chi connectivity index (χ2n) is 10.0. The molecule has 194 valence electrons. The predicted molar refractivity (Wildman–Crippen MR) is 144 cm³/mol. The van der Waals surface area contributed by atoms with Gasteiger partial charge in [-0.15, -0.1) is 0 Å². The zero-order chi connectivity index (χ0) is 27.7. The molecule has 1 atom stereocenters. The third-order valence-corrected chi connectivity index (χ3v) is 9.48. The Morgan fingerprint density at radius 1 is 0.684 bits per heavy atom. The molecule has 0 saturated heterocycles. The fraction of sp³-hybridized carbons (Fsp3) is 0.161. The first-order valence-corrected chi connectivity index (χ1v) is 13.7. The van der Waals surface area contributed by atoms with Gasteiger partial charge in [0.1, 0.15) is 23.4 Å². The Morgan fingerprint density at radius 2 is 1.16 bits per heavy atom. The van der Waals surface area contributed by atoms with Crippen molar-refractivity contribution in [2.24, 2.45) is 5.41 Å². The summed E-state index contributed by atoms with van der Waals surface area (Å²) in [5.74, 6) is -4.36. The highest BCUT2D eigenvalue weighted by Crippen LogP contribution is 2.46. The Morgan fingerprint density at radius 3 is 1.63 bits per heavy atom. The molecule has 0 amide bonds. The lowest BCUT2D eigenvalue weighted by Crippen LogP contribution is -2.37. The lowest BCUT2D eigenvalue weighted by Gasteiger charge is -2.29. The van der Waals surface area contributed by atoms with Crippen LogP contribution in [-0.4, -0.2) is 11.6 Å². The van der Waals surface area contributed by atoms with Crippen molar-refractivity contribution < 1.29 is 27.3 Å². The maximum atomic E-state index is 15.1. The summed E-state index contributed by atoms with van der Waals surface area (Å²) in [6, 6.07) is 21.5. The number of hydrogen-bond acceptors (Lipinski definition) is 3. The molecule has 0 aliphatic carbocycles. The Balaban J connectivity index is 2.06. The van der Waals surface area contributed by atoms with E-state index in [-0.39, 0.29) is 27.0 Å². The smallest absolute Gasteiger partial charge is 0.177 e. The summed E-state index contributed by atoms with van der Waals surface area (Å²) in [5, 5.41) is 0.420. The second-order valence-corrected chi connectivity index (χ2v) is 12.8. The highest BCUT2D eigenvalue weighted by atomic mass is 31.2. The average molecular weight is 535 g/mol. The summed E-state index contributed by atoms with van der Waals surface area (Å²) in [6.45, 7) is 4.96. The highest BCUT2D eigenvalue weighted by Gasteiger charge is 2.41. The van der Waals surface area contributed by atoms with Crippen LogP contribution in [0.1, 0.15) is 42.6 Å². The van der Waals surface area contributed by atoms with Gasteiger partial charge in [0.05, 0.1) is 0 Å². The maximum absolute atomic E-state index is 15.1. The van der Waals surface area contributed by atoms with Gasteiger partial charge in [-0.2, -0.15) is 0 Å². The van der Waals surface area contributed by atoms with Gasteiger partial charge >= 0.3 is 0 Å². The molecular weight excluding hydrogens is 508 g/mol. The first-order chi connectivity index (χ1) is 17.9. The van der Waals surface area contributed by atoms with E-state index in [0.717, 1.165) is 36.4 Å². The average Bonchev–Trinajstić information content (AvgIpc) is 2.89. The predicted octanol–water partition coefficient (Wildman–Crippen LogP) is 6.33. The SMILES string of the molecule is CC(C)(C)C(=O)C(C(=O)c1ccccc1)c1cc(F)ccc1P(=O)(c1ccc(F)cc1)c1ccc(F)cc1. The minimum Gasteiger partial charge on any atom is -0.309 e. The summed E-state index contributed by atoms with van der Waals surface area (Å²) >= 11 is 0. The first kappa shape index (κ1) is 27.3. The van der Waals surface area contributed by atoms with Gasteiger partial charge in [0, 0.05) is 26.9 Å². The molecule has 4 aromatic rings. The zero-order valence-electron chi connectivity index (χ0n) is 21.1. The Bertz CT molecular complexity index is 1470. The van der Waals surface area contributed by atoms with Crippen molar-refractivity contribution in [2.75, 3.05) is 0 Å². The maximum Gasteiger partial charge on any atom is 0.177 e. The number of halogens is 3. The van der Waals surface area contributed by atoms with Gasteiger partial charge in [-0.3, -0.25) is 9.59 Å². The molecule has 3 nitrogen and oxygen atoms in total. The molecule has 1 unspecified atom stereocenters. The number of benzene rings is 4. The second kappa shape index (κ2) is 10.5. The molecule has 0 spiro atoms. The number of ketones is 2. The van der Waals surface area contributed by atoms with E-state index in [1.165, 1.54) is 30.3 Å². The Labute approximate surface area is 219 Å². The van der Waals surface area contributed by atoms with Crippen molar-refractivity contribution in [3.8, 4) is 0 Å². The molecule has 0 fully saturated rings. The van der Waals surface area contributed by atoms with E-state index < -0.39 is 47.5 Å². The molecule has 0 radical (unpaired) electrons. The van der Waals surface area contributed by atoms with Crippen LogP contribution in [0.4, 0.5) is 13.2 Å². The van der Waals surface area contributed by atoms with Crippen LogP contribution in [0.3, 0.4) is 0 Å². The fourth-order valence-electron chi connectivity index (χ4n) is 4.38. The van der Waals surface area contributed by atoms with E-state index in [0.29, 0.717) is 0 Å². The molecule has 4 aromatic carbocycles.